The van der Waals surface area contributed by atoms with Crippen LogP contribution in [0.25, 0.3) is 11.3 Å². The summed E-state index contributed by atoms with van der Waals surface area (Å²) in [5, 5.41) is 9.86. The van der Waals surface area contributed by atoms with Gasteiger partial charge in [-0.05, 0) is 30.6 Å². The first kappa shape index (κ1) is 18.6. The topological polar surface area (TPSA) is 67.3 Å². The summed E-state index contributed by atoms with van der Waals surface area (Å²) >= 11 is 1.23. The van der Waals surface area contributed by atoms with Gasteiger partial charge in [0.1, 0.15) is 0 Å². The molecule has 0 radical (unpaired) electrons. The predicted molar refractivity (Wildman–Crippen MR) is 105 cm³/mol. The molecule has 1 aromatic carbocycles. The monoisotopic (exact) mass is 369 g/mol. The zero-order chi connectivity index (χ0) is 18.7. The van der Waals surface area contributed by atoms with E-state index in [2.05, 4.69) is 0 Å². The number of carbonyl (C=O) groups is 2. The fourth-order valence-corrected chi connectivity index (χ4v) is 4.09. The van der Waals surface area contributed by atoms with Gasteiger partial charge < -0.3 is 5.11 Å². The third kappa shape index (κ3) is 3.40. The molecule has 1 aliphatic rings. The maximum atomic E-state index is 12.8. The Morgan fingerprint density at radius 2 is 1.85 bits per heavy atom. The van der Waals surface area contributed by atoms with E-state index >= 15 is 0 Å². The van der Waals surface area contributed by atoms with E-state index in [0.29, 0.717) is 29.0 Å². The van der Waals surface area contributed by atoms with Gasteiger partial charge in [0.25, 0.3) is 0 Å². The number of rotatable bonds is 6. The molecule has 0 amide bonds. The number of hydrogen-bond donors (Lipinski definition) is 1. The lowest BCUT2D eigenvalue weighted by Gasteiger charge is -2.29. The van der Waals surface area contributed by atoms with Gasteiger partial charge in [-0.25, -0.2) is 4.79 Å². The first-order valence-electron chi connectivity index (χ1n) is 9.11. The molecule has 1 heterocycles. The molecule has 136 valence electrons. The zero-order valence-corrected chi connectivity index (χ0v) is 15.9. The Kier molecular flexibility index (Phi) is 5.77. The number of benzene rings is 1. The smallest absolute Gasteiger partial charge is 0.338 e. The van der Waals surface area contributed by atoms with Gasteiger partial charge in [0.2, 0.25) is 5.12 Å². The molecule has 0 bridgehead atoms. The summed E-state index contributed by atoms with van der Waals surface area (Å²) in [7, 11) is 0. The fourth-order valence-electron chi connectivity index (χ4n) is 3.45. The van der Waals surface area contributed by atoms with Crippen molar-refractivity contribution in [1.29, 1.82) is 0 Å². The second kappa shape index (κ2) is 8.04. The Hall–Kier alpha value is -2.14. The molecule has 1 aliphatic carbocycles. The van der Waals surface area contributed by atoms with Crippen LogP contribution in [0.5, 0.6) is 0 Å². The molecule has 1 fully saturated rings. The lowest BCUT2D eigenvalue weighted by atomic mass is 9.79. The van der Waals surface area contributed by atoms with Gasteiger partial charge >= 0.3 is 5.97 Å². The van der Waals surface area contributed by atoms with Crippen LogP contribution in [0.2, 0.25) is 0 Å². The first-order chi connectivity index (χ1) is 12.6. The summed E-state index contributed by atoms with van der Waals surface area (Å²) in [6, 6.07) is 9.40. The van der Waals surface area contributed by atoms with Crippen LogP contribution in [0.4, 0.5) is 0 Å². The van der Waals surface area contributed by atoms with Gasteiger partial charge in [0.15, 0.2) is 0 Å². The minimum Gasteiger partial charge on any atom is -0.478 e. The van der Waals surface area contributed by atoms with Crippen LogP contribution in [0.15, 0.2) is 30.3 Å². The molecular weight excluding hydrogens is 346 g/mol. The molecule has 3 rings (SSSR count). The summed E-state index contributed by atoms with van der Waals surface area (Å²) in [6.45, 7) is 3.84. The first-order valence-corrected chi connectivity index (χ1v) is 10.1. The van der Waals surface area contributed by atoms with Crippen LogP contribution < -0.4 is 0 Å². The Balaban J connectivity index is 2.32. The molecule has 1 saturated carbocycles. The number of carboxylic acids is 1. The molecule has 0 atom stereocenters. The molecule has 4 nitrogen and oxygen atoms in total. The maximum Gasteiger partial charge on any atom is 0.338 e. The van der Waals surface area contributed by atoms with Crippen LogP contribution >= 0.6 is 11.8 Å². The van der Waals surface area contributed by atoms with Gasteiger partial charge in [0, 0.05) is 11.5 Å². The van der Waals surface area contributed by atoms with Crippen LogP contribution in [0, 0.1) is 0 Å². The van der Waals surface area contributed by atoms with Crippen LogP contribution in [-0.2, 0) is 6.42 Å². The number of carbonyl (C=O) groups excluding carboxylic acids is 1. The van der Waals surface area contributed by atoms with Gasteiger partial charge in [-0.2, -0.15) is 0 Å². The number of carboxylic acid groups (broad SMARTS) is 1. The second-order valence-corrected chi connectivity index (χ2v) is 7.68. The standard InChI is InChI=1S/C21H23NO3S/c1-3-15-16(20(23)24)18(13-9-6-5-7-10-13)22-19(14-11-8-12-14)17(15)21(25)26-4-2/h5-7,9-10,14H,3-4,8,11-12H2,1-2H3,(H,23,24). The largest absolute Gasteiger partial charge is 0.478 e. The molecule has 0 aliphatic heterocycles. The Labute approximate surface area is 158 Å². The molecule has 1 aromatic heterocycles. The van der Waals surface area contributed by atoms with Crippen molar-refractivity contribution in [3.63, 3.8) is 0 Å². The SMILES string of the molecule is CCSC(=O)c1c(C2CCC2)nc(-c2ccccc2)c(C(=O)O)c1CC. The third-order valence-corrected chi connectivity index (χ3v) is 5.67. The number of pyridine rings is 1. The third-order valence-electron chi connectivity index (χ3n) is 4.91. The van der Waals surface area contributed by atoms with E-state index in [-0.39, 0.29) is 16.6 Å². The molecule has 5 heteroatoms. The van der Waals surface area contributed by atoms with Crippen molar-refractivity contribution in [1.82, 2.24) is 4.98 Å². The number of aromatic nitrogens is 1. The van der Waals surface area contributed by atoms with Crippen molar-refractivity contribution in [2.75, 3.05) is 5.75 Å². The average Bonchev–Trinajstić information content (AvgIpc) is 2.59. The summed E-state index contributed by atoms with van der Waals surface area (Å²) in [4.78, 5) is 29.7. The molecule has 2 aromatic rings. The minimum atomic E-state index is -1.02. The van der Waals surface area contributed by atoms with E-state index in [4.69, 9.17) is 4.98 Å². The molecule has 0 saturated heterocycles. The summed E-state index contributed by atoms with van der Waals surface area (Å²) < 4.78 is 0. The van der Waals surface area contributed by atoms with Crippen molar-refractivity contribution in [3.8, 4) is 11.3 Å². The molecule has 26 heavy (non-hydrogen) atoms. The van der Waals surface area contributed by atoms with Crippen molar-refractivity contribution in [2.24, 2.45) is 0 Å². The Morgan fingerprint density at radius 3 is 2.35 bits per heavy atom. The predicted octanol–water partition coefficient (Wildman–Crippen LogP) is 5.17. The highest BCUT2D eigenvalue weighted by atomic mass is 32.2. The normalized spacial score (nSPS) is 14.1. The van der Waals surface area contributed by atoms with E-state index in [9.17, 15) is 14.7 Å². The number of hydrogen-bond acceptors (Lipinski definition) is 4. The lowest BCUT2D eigenvalue weighted by Crippen LogP contribution is -2.21. The average molecular weight is 369 g/mol. The van der Waals surface area contributed by atoms with E-state index in [1.54, 1.807) is 0 Å². The van der Waals surface area contributed by atoms with E-state index in [1.807, 2.05) is 44.2 Å². The highest BCUT2D eigenvalue weighted by molar-refractivity contribution is 8.14. The number of nitrogens with zero attached hydrogens (tertiary/aromatic N) is 1. The second-order valence-electron chi connectivity index (χ2n) is 6.45. The van der Waals surface area contributed by atoms with Crippen molar-refractivity contribution in [2.45, 2.75) is 45.4 Å². The summed E-state index contributed by atoms with van der Waals surface area (Å²) in [5.41, 5.74) is 3.39. The van der Waals surface area contributed by atoms with Crippen molar-refractivity contribution in [3.05, 3.63) is 52.7 Å². The summed E-state index contributed by atoms with van der Waals surface area (Å²) in [6.07, 6.45) is 3.64. The Bertz CT molecular complexity index is 829. The van der Waals surface area contributed by atoms with E-state index < -0.39 is 5.97 Å². The zero-order valence-electron chi connectivity index (χ0n) is 15.1. The molecular formula is C21H23NO3S. The van der Waals surface area contributed by atoms with Crippen LogP contribution in [0.1, 0.15) is 71.0 Å². The highest BCUT2D eigenvalue weighted by Crippen LogP contribution is 2.41. The van der Waals surface area contributed by atoms with Gasteiger partial charge in [-0.3, -0.25) is 9.78 Å². The number of aromatic carboxylic acids is 1. The maximum absolute atomic E-state index is 12.8. The van der Waals surface area contributed by atoms with Gasteiger partial charge in [-0.15, -0.1) is 0 Å². The molecule has 1 N–H and O–H groups in total. The Morgan fingerprint density at radius 1 is 1.15 bits per heavy atom. The van der Waals surface area contributed by atoms with E-state index in [1.165, 1.54) is 11.8 Å². The highest BCUT2D eigenvalue weighted by Gasteiger charge is 2.32. The lowest BCUT2D eigenvalue weighted by molar-refractivity contribution is 0.0696. The van der Waals surface area contributed by atoms with Crippen molar-refractivity contribution >= 4 is 22.8 Å². The van der Waals surface area contributed by atoms with E-state index in [0.717, 1.165) is 30.5 Å². The van der Waals surface area contributed by atoms with Gasteiger partial charge in [0.05, 0.1) is 22.5 Å². The molecule has 0 spiro atoms. The minimum absolute atomic E-state index is 0.0548. The quantitative estimate of drug-likeness (QED) is 0.761. The fraction of sp³-hybridized carbons (Fsp3) is 0.381. The van der Waals surface area contributed by atoms with Crippen molar-refractivity contribution < 1.29 is 14.7 Å². The molecule has 0 unspecified atom stereocenters. The van der Waals surface area contributed by atoms with Crippen LogP contribution in [0.3, 0.4) is 0 Å². The van der Waals surface area contributed by atoms with Gasteiger partial charge in [-0.1, -0.05) is 62.4 Å². The summed E-state index contributed by atoms with van der Waals surface area (Å²) in [5.74, 6) is -0.111. The van der Waals surface area contributed by atoms with Crippen LogP contribution in [-0.4, -0.2) is 26.9 Å². The number of thioether (sulfide) groups is 1.